The van der Waals surface area contributed by atoms with Gasteiger partial charge in [-0.15, -0.1) is 0 Å². The molecule has 3 aromatic carbocycles. The fourth-order valence-electron chi connectivity index (χ4n) is 4.12. The van der Waals surface area contributed by atoms with Gasteiger partial charge in [-0.25, -0.2) is 4.79 Å². The summed E-state index contributed by atoms with van der Waals surface area (Å²) in [6.07, 6.45) is 1.70. The number of hydrogen-bond acceptors (Lipinski definition) is 6. The predicted octanol–water partition coefficient (Wildman–Crippen LogP) is 5.32. The molecular formula is C29H21N3O5S. The topological polar surface area (TPSA) is 117 Å². The lowest BCUT2D eigenvalue weighted by Gasteiger charge is -2.24. The molecular weight excluding hydrogens is 502 g/mol. The Morgan fingerprint density at radius 1 is 0.895 bits per heavy atom. The molecule has 1 aromatic heterocycles. The smallest absolute Gasteiger partial charge is 0.335 e. The fraction of sp³-hybridized carbons (Fsp3) is 0.0690. The first kappa shape index (κ1) is 24.9. The van der Waals surface area contributed by atoms with Gasteiger partial charge in [0.05, 0.1) is 17.8 Å². The highest BCUT2D eigenvalue weighted by Gasteiger charge is 2.32. The molecule has 0 spiro atoms. The van der Waals surface area contributed by atoms with E-state index in [1.165, 1.54) is 17.0 Å². The van der Waals surface area contributed by atoms with Crippen LogP contribution in [0, 0.1) is 0 Å². The van der Waals surface area contributed by atoms with Crippen LogP contribution in [0.1, 0.15) is 37.1 Å². The Labute approximate surface area is 222 Å². The van der Waals surface area contributed by atoms with E-state index < -0.39 is 11.2 Å². The van der Waals surface area contributed by atoms with Gasteiger partial charge in [-0.1, -0.05) is 48.5 Å². The number of hydrogen-bond donors (Lipinski definition) is 2. The summed E-state index contributed by atoms with van der Waals surface area (Å²) in [4.78, 5) is 54.7. The van der Waals surface area contributed by atoms with Crippen molar-refractivity contribution >= 4 is 40.5 Å². The predicted molar refractivity (Wildman–Crippen MR) is 144 cm³/mol. The average Bonchev–Trinajstić information content (AvgIpc) is 3.29. The third-order valence-electron chi connectivity index (χ3n) is 6.05. The second kappa shape index (κ2) is 10.7. The lowest BCUT2D eigenvalue weighted by Crippen LogP contribution is -2.30. The van der Waals surface area contributed by atoms with Crippen LogP contribution in [0.25, 0.3) is 11.3 Å². The third-order valence-corrected chi connectivity index (χ3v) is 7.09. The Bertz CT molecular complexity index is 1520. The molecule has 1 aliphatic heterocycles. The maximum absolute atomic E-state index is 13.7. The number of anilines is 1. The Morgan fingerprint density at radius 2 is 1.66 bits per heavy atom. The summed E-state index contributed by atoms with van der Waals surface area (Å²) in [7, 11) is 0. The minimum absolute atomic E-state index is 0.0649. The first-order valence-corrected chi connectivity index (χ1v) is 12.5. The fourth-order valence-corrected chi connectivity index (χ4v) is 4.95. The summed E-state index contributed by atoms with van der Waals surface area (Å²) < 4.78 is 0. The second-order valence-electron chi connectivity index (χ2n) is 8.56. The monoisotopic (exact) mass is 523 g/mol. The van der Waals surface area contributed by atoms with Crippen molar-refractivity contribution in [1.29, 1.82) is 0 Å². The van der Waals surface area contributed by atoms with Gasteiger partial charge in [0, 0.05) is 23.0 Å². The van der Waals surface area contributed by atoms with Crippen molar-refractivity contribution in [2.75, 3.05) is 4.90 Å². The number of carboxylic acid groups (broad SMARTS) is 1. The van der Waals surface area contributed by atoms with E-state index in [9.17, 15) is 24.3 Å². The molecule has 5 rings (SSSR count). The minimum atomic E-state index is -1.09. The normalized spacial score (nSPS) is 14.7. The van der Waals surface area contributed by atoms with Crippen LogP contribution in [-0.4, -0.2) is 33.1 Å². The SMILES string of the molecule is O=C1NC(=O)C(c2ccc(CN(C(=O)c3ccc(-c4ccccn4)cc3)c3cccc(C(=O)O)c3)cc2)S1. The van der Waals surface area contributed by atoms with E-state index in [0.29, 0.717) is 16.8 Å². The number of nitrogens with zero attached hydrogens (tertiary/aromatic N) is 2. The quantitative estimate of drug-likeness (QED) is 0.337. The molecule has 38 heavy (non-hydrogen) atoms. The standard InChI is InChI=1S/C29H21N3O5S/c33-26-25(38-29(37)31-26)20-9-7-18(8-10-20)17-32(23-5-3-4-22(16-23)28(35)36)27(34)21-13-11-19(12-14-21)24-6-1-2-15-30-24/h1-16,25H,17H2,(H,35,36)(H,31,33,37). The van der Waals surface area contributed by atoms with Crippen molar-refractivity contribution in [1.82, 2.24) is 10.3 Å². The molecule has 2 N–H and O–H groups in total. The van der Waals surface area contributed by atoms with Crippen molar-refractivity contribution in [2.24, 2.45) is 0 Å². The molecule has 2 heterocycles. The number of rotatable bonds is 7. The first-order valence-electron chi connectivity index (χ1n) is 11.7. The summed E-state index contributed by atoms with van der Waals surface area (Å²) >= 11 is 0.925. The molecule has 0 saturated carbocycles. The molecule has 1 aliphatic rings. The second-order valence-corrected chi connectivity index (χ2v) is 9.63. The van der Waals surface area contributed by atoms with Gasteiger partial charge in [0.15, 0.2) is 0 Å². The van der Waals surface area contributed by atoms with Crippen LogP contribution in [0.3, 0.4) is 0 Å². The Morgan fingerprint density at radius 3 is 2.29 bits per heavy atom. The molecule has 1 saturated heterocycles. The molecule has 9 heteroatoms. The number of amides is 3. The highest BCUT2D eigenvalue weighted by Crippen LogP contribution is 2.34. The molecule has 1 unspecified atom stereocenters. The van der Waals surface area contributed by atoms with E-state index in [1.54, 1.807) is 54.7 Å². The van der Waals surface area contributed by atoms with Crippen molar-refractivity contribution < 1.29 is 24.3 Å². The summed E-state index contributed by atoms with van der Waals surface area (Å²) in [6, 6.07) is 26.0. The maximum Gasteiger partial charge on any atom is 0.335 e. The number of pyridine rings is 1. The molecule has 1 atom stereocenters. The number of aromatic nitrogens is 1. The van der Waals surface area contributed by atoms with Crippen LogP contribution in [0.5, 0.6) is 0 Å². The number of benzene rings is 3. The molecule has 0 radical (unpaired) electrons. The van der Waals surface area contributed by atoms with Gasteiger partial charge in [0.1, 0.15) is 5.25 Å². The first-order chi connectivity index (χ1) is 18.4. The number of nitrogens with one attached hydrogen (secondary N) is 1. The summed E-state index contributed by atoms with van der Waals surface area (Å²) in [6.45, 7) is 0.160. The van der Waals surface area contributed by atoms with Crippen molar-refractivity contribution in [3.63, 3.8) is 0 Å². The Balaban J connectivity index is 1.44. The van der Waals surface area contributed by atoms with Gasteiger partial charge in [0.2, 0.25) is 5.91 Å². The van der Waals surface area contributed by atoms with Crippen LogP contribution in [0.4, 0.5) is 10.5 Å². The highest BCUT2D eigenvalue weighted by molar-refractivity contribution is 8.15. The molecule has 4 aromatic rings. The van der Waals surface area contributed by atoms with E-state index in [1.807, 2.05) is 30.3 Å². The van der Waals surface area contributed by atoms with E-state index in [4.69, 9.17) is 0 Å². The van der Waals surface area contributed by atoms with Gasteiger partial charge in [-0.3, -0.25) is 24.7 Å². The largest absolute Gasteiger partial charge is 0.478 e. The Hall–Kier alpha value is -4.76. The molecule has 1 fully saturated rings. The van der Waals surface area contributed by atoms with Gasteiger partial charge in [0.25, 0.3) is 11.1 Å². The van der Waals surface area contributed by atoms with E-state index in [0.717, 1.165) is 28.6 Å². The van der Waals surface area contributed by atoms with Crippen LogP contribution >= 0.6 is 11.8 Å². The molecule has 0 aliphatic carbocycles. The zero-order valence-corrected chi connectivity index (χ0v) is 20.7. The molecule has 188 valence electrons. The highest BCUT2D eigenvalue weighted by atomic mass is 32.2. The molecule has 8 nitrogen and oxygen atoms in total. The zero-order valence-electron chi connectivity index (χ0n) is 19.9. The van der Waals surface area contributed by atoms with Crippen LogP contribution < -0.4 is 10.2 Å². The zero-order chi connectivity index (χ0) is 26.6. The van der Waals surface area contributed by atoms with E-state index >= 15 is 0 Å². The summed E-state index contributed by atoms with van der Waals surface area (Å²) in [5, 5.41) is 10.8. The van der Waals surface area contributed by atoms with Gasteiger partial charge >= 0.3 is 5.97 Å². The lowest BCUT2D eigenvalue weighted by atomic mass is 10.1. The van der Waals surface area contributed by atoms with Gasteiger partial charge in [-0.2, -0.15) is 0 Å². The minimum Gasteiger partial charge on any atom is -0.478 e. The number of carboxylic acids is 1. The number of thioether (sulfide) groups is 1. The maximum atomic E-state index is 13.7. The van der Waals surface area contributed by atoms with Crippen LogP contribution in [0.2, 0.25) is 0 Å². The van der Waals surface area contributed by atoms with Gasteiger partial charge in [-0.05, 0) is 65.4 Å². The van der Waals surface area contributed by atoms with Crippen molar-refractivity contribution in [2.45, 2.75) is 11.8 Å². The Kier molecular flexibility index (Phi) is 7.01. The van der Waals surface area contributed by atoms with Gasteiger partial charge < -0.3 is 10.0 Å². The van der Waals surface area contributed by atoms with E-state index in [-0.39, 0.29) is 29.2 Å². The van der Waals surface area contributed by atoms with Crippen LogP contribution in [-0.2, 0) is 11.3 Å². The number of aromatic carboxylic acids is 1. The van der Waals surface area contributed by atoms with Crippen LogP contribution in [0.15, 0.2) is 97.2 Å². The average molecular weight is 524 g/mol. The number of carbonyl (C=O) groups excluding carboxylic acids is 3. The number of carbonyl (C=O) groups is 4. The third kappa shape index (κ3) is 5.33. The van der Waals surface area contributed by atoms with Crippen molar-refractivity contribution in [3.05, 3.63) is 119 Å². The lowest BCUT2D eigenvalue weighted by molar-refractivity contribution is -0.119. The van der Waals surface area contributed by atoms with Crippen molar-refractivity contribution in [3.8, 4) is 11.3 Å². The number of imide groups is 1. The summed E-state index contributed by atoms with van der Waals surface area (Å²) in [5.41, 5.74) is 4.03. The molecule has 3 amide bonds. The molecule has 0 bridgehead atoms. The summed E-state index contributed by atoms with van der Waals surface area (Å²) in [5.74, 6) is -1.75. The van der Waals surface area contributed by atoms with E-state index in [2.05, 4.69) is 10.3 Å².